The van der Waals surface area contributed by atoms with Gasteiger partial charge in [-0.25, -0.2) is 4.68 Å². The number of halogens is 1. The van der Waals surface area contributed by atoms with Crippen molar-refractivity contribution in [3.05, 3.63) is 21.6 Å². The second-order valence-electron chi connectivity index (χ2n) is 6.58. The summed E-state index contributed by atoms with van der Waals surface area (Å²) in [6.45, 7) is 2.88. The topological polar surface area (TPSA) is 46.9 Å². The minimum atomic E-state index is -0.0661. The molecule has 2 fully saturated rings. The fraction of sp³-hybridized carbons (Fsp3) is 0.750. The average molecular weight is 310 g/mol. The van der Waals surface area contributed by atoms with E-state index in [4.69, 9.17) is 11.6 Å². The summed E-state index contributed by atoms with van der Waals surface area (Å²) in [6, 6.07) is 0.335. The van der Waals surface area contributed by atoms with E-state index in [1.54, 1.807) is 10.9 Å². The number of aromatic nitrogens is 2. The Hall–Kier alpha value is -1.03. The van der Waals surface area contributed by atoms with Crippen LogP contribution < -0.4 is 10.9 Å². The quantitative estimate of drug-likeness (QED) is 0.835. The molecule has 4 nitrogen and oxygen atoms in total. The molecule has 1 heterocycles. The Morgan fingerprint density at radius 3 is 2.71 bits per heavy atom. The van der Waals surface area contributed by atoms with Crippen molar-refractivity contribution >= 4 is 17.3 Å². The van der Waals surface area contributed by atoms with Crippen LogP contribution in [0.15, 0.2) is 11.0 Å². The zero-order valence-electron chi connectivity index (χ0n) is 12.6. The molecule has 1 aromatic rings. The van der Waals surface area contributed by atoms with Gasteiger partial charge in [0, 0.05) is 12.6 Å². The molecule has 0 amide bonds. The molecule has 0 saturated heterocycles. The molecule has 1 atom stereocenters. The molecule has 5 heteroatoms. The first kappa shape index (κ1) is 14.9. The summed E-state index contributed by atoms with van der Waals surface area (Å²) in [4.78, 5) is 12.6. The summed E-state index contributed by atoms with van der Waals surface area (Å²) in [5.74, 6) is 1.44. The zero-order chi connectivity index (χ0) is 14.8. The number of anilines is 1. The van der Waals surface area contributed by atoms with Crippen molar-refractivity contribution in [1.29, 1.82) is 0 Å². The molecule has 3 rings (SSSR count). The van der Waals surface area contributed by atoms with Gasteiger partial charge in [0.2, 0.25) is 0 Å². The van der Waals surface area contributed by atoms with Gasteiger partial charge in [-0.2, -0.15) is 5.10 Å². The normalized spacial score (nSPS) is 20.1. The van der Waals surface area contributed by atoms with E-state index in [-0.39, 0.29) is 5.56 Å². The van der Waals surface area contributed by atoms with Crippen LogP contribution in [0.25, 0.3) is 0 Å². The highest BCUT2D eigenvalue weighted by Crippen LogP contribution is 2.35. The second-order valence-corrected chi connectivity index (χ2v) is 6.99. The molecular weight excluding hydrogens is 286 g/mol. The van der Waals surface area contributed by atoms with E-state index in [0.29, 0.717) is 22.7 Å². The van der Waals surface area contributed by atoms with E-state index in [0.717, 1.165) is 25.3 Å². The maximum Gasteiger partial charge on any atom is 0.291 e. The maximum atomic E-state index is 12.6. The summed E-state index contributed by atoms with van der Waals surface area (Å²) in [5.41, 5.74) is 0.474. The molecule has 1 unspecified atom stereocenters. The number of rotatable bonds is 7. The first-order valence-electron chi connectivity index (χ1n) is 8.19. The Bertz CT molecular complexity index is 549. The minimum Gasteiger partial charge on any atom is -0.377 e. The summed E-state index contributed by atoms with van der Waals surface area (Å²) in [6.07, 6.45) is 10.1. The van der Waals surface area contributed by atoms with Crippen LogP contribution >= 0.6 is 11.6 Å². The summed E-state index contributed by atoms with van der Waals surface area (Å²) < 4.78 is 1.59. The molecule has 0 spiro atoms. The zero-order valence-corrected chi connectivity index (χ0v) is 13.4. The van der Waals surface area contributed by atoms with E-state index in [9.17, 15) is 4.79 Å². The lowest BCUT2D eigenvalue weighted by molar-refractivity contribution is 0.262. The van der Waals surface area contributed by atoms with Crippen LogP contribution in [-0.4, -0.2) is 15.8 Å². The number of nitrogens with zero attached hydrogens (tertiary/aromatic N) is 2. The van der Waals surface area contributed by atoms with Crippen LogP contribution in [0.5, 0.6) is 0 Å². The van der Waals surface area contributed by atoms with Crippen LogP contribution in [0.2, 0.25) is 5.02 Å². The number of hydrogen-bond acceptors (Lipinski definition) is 3. The third-order valence-corrected chi connectivity index (χ3v) is 5.10. The SMILES string of the molecule is CCC(CC1CC1)Nc1c(Cl)cnn(CC2CCC2)c1=O. The third kappa shape index (κ3) is 3.60. The molecule has 0 bridgehead atoms. The number of nitrogens with one attached hydrogen (secondary N) is 1. The standard InChI is InChI=1S/C16H24ClN3O/c1-2-13(8-11-6-7-11)19-15-14(17)9-18-20(16(15)21)10-12-4-3-5-12/h9,11-13,19H,2-8,10H2,1H3. The van der Waals surface area contributed by atoms with Gasteiger partial charge in [0.25, 0.3) is 5.56 Å². The molecule has 1 aromatic heterocycles. The van der Waals surface area contributed by atoms with Crippen molar-refractivity contribution in [2.24, 2.45) is 11.8 Å². The molecule has 116 valence electrons. The smallest absolute Gasteiger partial charge is 0.291 e. The van der Waals surface area contributed by atoms with Crippen molar-refractivity contribution in [2.45, 2.75) is 64.5 Å². The van der Waals surface area contributed by atoms with Crippen LogP contribution in [0.1, 0.15) is 51.9 Å². The molecule has 21 heavy (non-hydrogen) atoms. The van der Waals surface area contributed by atoms with E-state index >= 15 is 0 Å². The Kier molecular flexibility index (Phi) is 4.53. The average Bonchev–Trinajstić information content (AvgIpc) is 3.23. The first-order chi connectivity index (χ1) is 10.2. The van der Waals surface area contributed by atoms with Gasteiger partial charge < -0.3 is 5.32 Å². The maximum absolute atomic E-state index is 12.6. The molecule has 2 aliphatic carbocycles. The van der Waals surface area contributed by atoms with Crippen molar-refractivity contribution < 1.29 is 0 Å². The number of hydrogen-bond donors (Lipinski definition) is 1. The van der Waals surface area contributed by atoms with Crippen molar-refractivity contribution in [1.82, 2.24) is 9.78 Å². The fourth-order valence-corrected chi connectivity index (χ4v) is 3.12. The van der Waals surface area contributed by atoms with Crippen LogP contribution in [-0.2, 0) is 6.54 Å². The highest BCUT2D eigenvalue weighted by atomic mass is 35.5. The predicted octanol–water partition coefficient (Wildman–Crippen LogP) is 3.69. The lowest BCUT2D eigenvalue weighted by Gasteiger charge is -2.26. The van der Waals surface area contributed by atoms with E-state index in [2.05, 4.69) is 17.3 Å². The van der Waals surface area contributed by atoms with Gasteiger partial charge in [-0.1, -0.05) is 37.8 Å². The Morgan fingerprint density at radius 2 is 2.14 bits per heavy atom. The van der Waals surface area contributed by atoms with Gasteiger partial charge in [-0.3, -0.25) is 4.79 Å². The van der Waals surface area contributed by atoms with Crippen LogP contribution in [0, 0.1) is 11.8 Å². The molecule has 2 aliphatic rings. The van der Waals surface area contributed by atoms with Gasteiger partial charge >= 0.3 is 0 Å². The van der Waals surface area contributed by atoms with E-state index in [1.807, 2.05) is 0 Å². The Labute approximate surface area is 130 Å². The van der Waals surface area contributed by atoms with Gasteiger partial charge in [0.05, 0.1) is 11.2 Å². The highest BCUT2D eigenvalue weighted by molar-refractivity contribution is 6.33. The van der Waals surface area contributed by atoms with Crippen LogP contribution in [0.4, 0.5) is 5.69 Å². The van der Waals surface area contributed by atoms with Gasteiger partial charge in [0.1, 0.15) is 5.69 Å². The van der Waals surface area contributed by atoms with E-state index < -0.39 is 0 Å². The minimum absolute atomic E-state index is 0.0661. The van der Waals surface area contributed by atoms with E-state index in [1.165, 1.54) is 32.1 Å². The van der Waals surface area contributed by atoms with Crippen molar-refractivity contribution in [3.63, 3.8) is 0 Å². The molecule has 0 aromatic carbocycles. The highest BCUT2D eigenvalue weighted by Gasteiger charge is 2.26. The lowest BCUT2D eigenvalue weighted by atomic mass is 9.85. The molecule has 1 N–H and O–H groups in total. The second kappa shape index (κ2) is 6.39. The van der Waals surface area contributed by atoms with Gasteiger partial charge in [-0.05, 0) is 37.5 Å². The molecule has 0 radical (unpaired) electrons. The lowest BCUT2D eigenvalue weighted by Crippen LogP contribution is -2.33. The molecular formula is C16H24ClN3O. The summed E-state index contributed by atoms with van der Waals surface area (Å²) in [7, 11) is 0. The predicted molar refractivity (Wildman–Crippen MR) is 85.9 cm³/mol. The van der Waals surface area contributed by atoms with Crippen molar-refractivity contribution in [3.8, 4) is 0 Å². The molecule has 0 aliphatic heterocycles. The first-order valence-corrected chi connectivity index (χ1v) is 8.57. The Balaban J connectivity index is 1.75. The van der Waals surface area contributed by atoms with Gasteiger partial charge in [-0.15, -0.1) is 0 Å². The summed E-state index contributed by atoms with van der Waals surface area (Å²) in [5, 5.41) is 8.02. The Morgan fingerprint density at radius 1 is 1.38 bits per heavy atom. The van der Waals surface area contributed by atoms with Crippen LogP contribution in [0.3, 0.4) is 0 Å². The monoisotopic (exact) mass is 309 g/mol. The molecule has 2 saturated carbocycles. The van der Waals surface area contributed by atoms with Crippen molar-refractivity contribution in [2.75, 3.05) is 5.32 Å². The third-order valence-electron chi connectivity index (χ3n) is 4.81. The summed E-state index contributed by atoms with van der Waals surface area (Å²) >= 11 is 6.20. The fourth-order valence-electron chi connectivity index (χ4n) is 2.94. The largest absolute Gasteiger partial charge is 0.377 e. The van der Waals surface area contributed by atoms with Gasteiger partial charge in [0.15, 0.2) is 0 Å².